The van der Waals surface area contributed by atoms with E-state index in [-0.39, 0.29) is 17.4 Å². The number of nitrogens with zero attached hydrogens (tertiary/aromatic N) is 5. The molecular formula is C31H35N5O2. The summed E-state index contributed by atoms with van der Waals surface area (Å²) in [6.45, 7) is 2.41. The maximum Gasteiger partial charge on any atom is 0.339 e. The minimum absolute atomic E-state index is 0.0496. The molecule has 7 nitrogen and oxygen atoms in total. The van der Waals surface area contributed by atoms with Crippen molar-refractivity contribution in [3.63, 3.8) is 0 Å². The first-order valence-electron chi connectivity index (χ1n) is 13.8. The lowest BCUT2D eigenvalue weighted by Crippen LogP contribution is -2.17. The fourth-order valence-electron chi connectivity index (χ4n) is 6.38. The number of rotatable bonds is 8. The SMILES string of the molecule is C[C@@H](Cc1cccc(-c2cccc(-n3ncc(C(=O)O)c3[C@@H]3C[C@H]3c3cn(C)nn3)c2)c1)C1CCCCC1. The molecule has 0 aliphatic heterocycles. The molecule has 0 saturated heterocycles. The molecule has 2 saturated carbocycles. The van der Waals surface area contributed by atoms with Crippen molar-refractivity contribution in [2.75, 3.05) is 0 Å². The van der Waals surface area contributed by atoms with Gasteiger partial charge < -0.3 is 5.11 Å². The molecule has 0 radical (unpaired) electrons. The average molecular weight is 510 g/mol. The van der Waals surface area contributed by atoms with Crippen LogP contribution in [0.15, 0.2) is 60.9 Å². The number of hydrogen-bond donors (Lipinski definition) is 1. The second kappa shape index (κ2) is 10.2. The van der Waals surface area contributed by atoms with Gasteiger partial charge in [0.2, 0.25) is 0 Å². The molecule has 0 unspecified atom stereocenters. The van der Waals surface area contributed by atoms with Crippen LogP contribution in [0.3, 0.4) is 0 Å². The minimum atomic E-state index is -0.952. The summed E-state index contributed by atoms with van der Waals surface area (Å²) in [5.41, 5.74) is 6.42. The summed E-state index contributed by atoms with van der Waals surface area (Å²) in [5, 5.41) is 22.8. The molecule has 2 fully saturated rings. The van der Waals surface area contributed by atoms with Gasteiger partial charge in [-0.3, -0.25) is 4.68 Å². The Balaban J connectivity index is 1.28. The van der Waals surface area contributed by atoms with E-state index in [2.05, 4.69) is 58.7 Å². The normalized spacial score (nSPS) is 20.4. The van der Waals surface area contributed by atoms with Gasteiger partial charge in [-0.15, -0.1) is 5.10 Å². The summed E-state index contributed by atoms with van der Waals surface area (Å²) in [6, 6.07) is 17.1. The van der Waals surface area contributed by atoms with Crippen LogP contribution in [0.4, 0.5) is 0 Å². The molecule has 2 aliphatic carbocycles. The Morgan fingerprint density at radius 2 is 1.82 bits per heavy atom. The van der Waals surface area contributed by atoms with Crippen LogP contribution in [-0.4, -0.2) is 35.9 Å². The first-order chi connectivity index (χ1) is 18.5. The average Bonchev–Trinajstić information content (AvgIpc) is 3.38. The Morgan fingerprint density at radius 3 is 2.55 bits per heavy atom. The lowest BCUT2D eigenvalue weighted by molar-refractivity contribution is 0.0695. The fraction of sp³-hybridized carbons (Fsp3) is 0.419. The first-order valence-corrected chi connectivity index (χ1v) is 13.8. The molecule has 3 atom stereocenters. The van der Waals surface area contributed by atoms with Gasteiger partial charge in [0.05, 0.1) is 23.3 Å². The van der Waals surface area contributed by atoms with Crippen molar-refractivity contribution >= 4 is 5.97 Å². The zero-order chi connectivity index (χ0) is 26.2. The number of benzene rings is 2. The predicted molar refractivity (Wildman–Crippen MR) is 147 cm³/mol. The number of aromatic carboxylic acids is 1. The van der Waals surface area contributed by atoms with Gasteiger partial charge in [-0.25, -0.2) is 9.48 Å². The van der Waals surface area contributed by atoms with Crippen LogP contribution in [0.25, 0.3) is 16.8 Å². The molecule has 2 aliphatic rings. The third kappa shape index (κ3) is 4.89. The summed E-state index contributed by atoms with van der Waals surface area (Å²) < 4.78 is 3.50. The highest BCUT2D eigenvalue weighted by molar-refractivity contribution is 5.89. The van der Waals surface area contributed by atoms with Crippen LogP contribution in [0.5, 0.6) is 0 Å². The summed E-state index contributed by atoms with van der Waals surface area (Å²) in [6.07, 6.45) is 12.2. The number of carboxylic acid groups (broad SMARTS) is 1. The van der Waals surface area contributed by atoms with Crippen molar-refractivity contribution in [3.05, 3.63) is 83.4 Å². The number of aryl methyl sites for hydroxylation is 1. The maximum atomic E-state index is 12.1. The van der Waals surface area contributed by atoms with E-state index in [1.807, 2.05) is 30.1 Å². The second-order valence-electron chi connectivity index (χ2n) is 11.3. The Bertz CT molecular complexity index is 1450. The molecule has 2 aromatic heterocycles. The van der Waals surface area contributed by atoms with Crippen LogP contribution in [0, 0.1) is 11.8 Å². The summed E-state index contributed by atoms with van der Waals surface area (Å²) >= 11 is 0. The number of carbonyl (C=O) groups is 1. The molecule has 0 spiro atoms. The van der Waals surface area contributed by atoms with E-state index in [0.29, 0.717) is 5.92 Å². The molecule has 4 aromatic rings. The molecule has 7 heteroatoms. The monoisotopic (exact) mass is 509 g/mol. The van der Waals surface area contributed by atoms with Crippen LogP contribution in [0.2, 0.25) is 0 Å². The van der Waals surface area contributed by atoms with Crippen molar-refractivity contribution in [1.82, 2.24) is 24.8 Å². The zero-order valence-corrected chi connectivity index (χ0v) is 22.1. The van der Waals surface area contributed by atoms with Gasteiger partial charge in [-0.05, 0) is 53.5 Å². The van der Waals surface area contributed by atoms with Gasteiger partial charge >= 0.3 is 5.97 Å². The third-order valence-electron chi connectivity index (χ3n) is 8.54. The largest absolute Gasteiger partial charge is 0.478 e. The molecule has 1 N–H and O–H groups in total. The highest BCUT2D eigenvalue weighted by atomic mass is 16.4. The van der Waals surface area contributed by atoms with E-state index in [9.17, 15) is 9.90 Å². The van der Waals surface area contributed by atoms with E-state index in [0.717, 1.165) is 41.4 Å². The van der Waals surface area contributed by atoms with E-state index in [1.165, 1.54) is 49.4 Å². The zero-order valence-electron chi connectivity index (χ0n) is 22.1. The van der Waals surface area contributed by atoms with Gasteiger partial charge in [-0.1, -0.05) is 80.6 Å². The standard InChI is InChI=1S/C31H35N5O2/c1-20(22-9-4-3-5-10-22)14-21-8-6-11-23(15-21)24-12-7-13-25(16-24)36-30(28(18-32-36)31(37)38)27-17-26(27)29-19-35(2)34-33-29/h6-8,11-13,15-16,18-20,22,26-27H,3-5,9-10,14,17H2,1-2H3,(H,37,38)/t20-,26+,27+/m0/s1. The lowest BCUT2D eigenvalue weighted by Gasteiger charge is -2.27. The third-order valence-corrected chi connectivity index (χ3v) is 8.54. The van der Waals surface area contributed by atoms with Crippen LogP contribution < -0.4 is 0 Å². The topological polar surface area (TPSA) is 85.8 Å². The van der Waals surface area contributed by atoms with Gasteiger partial charge in [0.1, 0.15) is 5.56 Å². The molecule has 0 amide bonds. The van der Waals surface area contributed by atoms with Crippen molar-refractivity contribution in [3.8, 4) is 16.8 Å². The number of carboxylic acids is 1. The first kappa shape index (κ1) is 24.6. The Labute approximate surface area is 223 Å². The van der Waals surface area contributed by atoms with Crippen LogP contribution in [-0.2, 0) is 13.5 Å². The van der Waals surface area contributed by atoms with E-state index < -0.39 is 5.97 Å². The summed E-state index contributed by atoms with van der Waals surface area (Å²) in [4.78, 5) is 12.1. The van der Waals surface area contributed by atoms with Crippen LogP contribution in [0.1, 0.15) is 84.6 Å². The molecule has 2 aromatic carbocycles. The maximum absolute atomic E-state index is 12.1. The molecular weight excluding hydrogens is 474 g/mol. The molecule has 196 valence electrons. The van der Waals surface area contributed by atoms with Gasteiger partial charge in [0, 0.05) is 25.1 Å². The lowest BCUT2D eigenvalue weighted by atomic mass is 9.78. The van der Waals surface area contributed by atoms with E-state index in [4.69, 9.17) is 0 Å². The summed E-state index contributed by atoms with van der Waals surface area (Å²) in [5.74, 6) is 0.785. The van der Waals surface area contributed by atoms with Crippen molar-refractivity contribution in [1.29, 1.82) is 0 Å². The van der Waals surface area contributed by atoms with Crippen molar-refractivity contribution in [2.24, 2.45) is 18.9 Å². The quantitative estimate of drug-likeness (QED) is 0.297. The van der Waals surface area contributed by atoms with E-state index >= 15 is 0 Å². The Morgan fingerprint density at radius 1 is 1.05 bits per heavy atom. The highest BCUT2D eigenvalue weighted by Gasteiger charge is 2.46. The van der Waals surface area contributed by atoms with Crippen molar-refractivity contribution in [2.45, 2.75) is 63.7 Å². The van der Waals surface area contributed by atoms with Gasteiger partial charge in [0.25, 0.3) is 0 Å². The van der Waals surface area contributed by atoms with Gasteiger partial charge in [0.15, 0.2) is 0 Å². The van der Waals surface area contributed by atoms with Gasteiger partial charge in [-0.2, -0.15) is 5.10 Å². The second-order valence-corrected chi connectivity index (χ2v) is 11.3. The Kier molecular flexibility index (Phi) is 6.60. The minimum Gasteiger partial charge on any atom is -0.478 e. The van der Waals surface area contributed by atoms with Crippen LogP contribution >= 0.6 is 0 Å². The molecule has 2 heterocycles. The molecule has 0 bridgehead atoms. The smallest absolute Gasteiger partial charge is 0.339 e. The molecule has 6 rings (SSSR count). The van der Waals surface area contributed by atoms with Crippen molar-refractivity contribution < 1.29 is 9.90 Å². The summed E-state index contributed by atoms with van der Waals surface area (Å²) in [7, 11) is 1.85. The fourth-order valence-corrected chi connectivity index (χ4v) is 6.38. The number of hydrogen-bond acceptors (Lipinski definition) is 4. The molecule has 38 heavy (non-hydrogen) atoms. The predicted octanol–water partition coefficient (Wildman–Crippen LogP) is 6.40. The highest BCUT2D eigenvalue weighted by Crippen LogP contribution is 2.55. The van der Waals surface area contributed by atoms with E-state index in [1.54, 1.807) is 4.68 Å². The Hall–Kier alpha value is -3.74. The number of aromatic nitrogens is 5.